The van der Waals surface area contributed by atoms with Gasteiger partial charge >= 0.3 is 0 Å². The molecular formula is C20H42IN5. The van der Waals surface area contributed by atoms with Gasteiger partial charge in [-0.25, -0.2) is 0 Å². The van der Waals surface area contributed by atoms with Crippen molar-refractivity contribution < 1.29 is 0 Å². The molecule has 0 unspecified atom stereocenters. The molecule has 26 heavy (non-hydrogen) atoms. The van der Waals surface area contributed by atoms with Crippen molar-refractivity contribution in [1.82, 2.24) is 20.4 Å². The number of unbranched alkanes of at least 4 members (excludes halogenated alkanes) is 1. The standard InChI is InChI=1S/C20H41N5.HI/c1-4-20(10-9-11-20)18-23-19(21-5-2)22-12-7-8-13-25-16-14-24(6-3)15-17-25;/h4-18H2,1-3H3,(H2,21,22,23);1H. The summed E-state index contributed by atoms with van der Waals surface area (Å²) in [7, 11) is 0. The Morgan fingerprint density at radius 2 is 1.65 bits per heavy atom. The maximum Gasteiger partial charge on any atom is 0.191 e. The van der Waals surface area contributed by atoms with E-state index in [0.29, 0.717) is 5.41 Å². The number of aliphatic imine (C=N–C) groups is 1. The normalized spacial score (nSPS) is 21.0. The molecule has 2 N–H and O–H groups in total. The first-order valence-corrected chi connectivity index (χ1v) is 10.7. The van der Waals surface area contributed by atoms with Crippen LogP contribution in [0.1, 0.15) is 59.3 Å². The van der Waals surface area contributed by atoms with Crippen LogP contribution in [-0.2, 0) is 0 Å². The molecule has 0 aromatic carbocycles. The van der Waals surface area contributed by atoms with Crippen molar-refractivity contribution in [2.75, 3.05) is 58.9 Å². The summed E-state index contributed by atoms with van der Waals surface area (Å²) in [6, 6.07) is 0. The molecule has 0 amide bonds. The Morgan fingerprint density at radius 1 is 0.962 bits per heavy atom. The molecule has 1 aliphatic heterocycles. The number of guanidine groups is 1. The summed E-state index contributed by atoms with van der Waals surface area (Å²) in [4.78, 5) is 10.0. The molecule has 2 aliphatic rings. The minimum atomic E-state index is 0. The lowest BCUT2D eigenvalue weighted by molar-refractivity contribution is 0.136. The molecule has 2 fully saturated rings. The Hall–Kier alpha value is -0.0800. The summed E-state index contributed by atoms with van der Waals surface area (Å²) in [5, 5.41) is 6.93. The minimum absolute atomic E-state index is 0. The fourth-order valence-corrected chi connectivity index (χ4v) is 3.89. The predicted molar refractivity (Wildman–Crippen MR) is 124 cm³/mol. The van der Waals surface area contributed by atoms with Gasteiger partial charge in [-0.1, -0.05) is 20.3 Å². The topological polar surface area (TPSA) is 42.9 Å². The number of rotatable bonds is 10. The lowest BCUT2D eigenvalue weighted by Gasteiger charge is -2.40. The van der Waals surface area contributed by atoms with Crippen LogP contribution in [0.5, 0.6) is 0 Å². The van der Waals surface area contributed by atoms with E-state index >= 15 is 0 Å². The molecule has 1 saturated carbocycles. The third kappa shape index (κ3) is 7.89. The lowest BCUT2D eigenvalue weighted by Crippen LogP contribution is -2.46. The van der Waals surface area contributed by atoms with Gasteiger partial charge in [-0.2, -0.15) is 0 Å². The van der Waals surface area contributed by atoms with E-state index < -0.39 is 0 Å². The molecule has 6 heteroatoms. The Kier molecular flexibility index (Phi) is 12.1. The number of halogens is 1. The second-order valence-corrected chi connectivity index (χ2v) is 7.81. The molecular weight excluding hydrogens is 437 g/mol. The highest BCUT2D eigenvalue weighted by molar-refractivity contribution is 14.0. The summed E-state index contributed by atoms with van der Waals surface area (Å²) in [5.74, 6) is 1.01. The molecule has 2 rings (SSSR count). The van der Waals surface area contributed by atoms with Gasteiger partial charge in [-0.3, -0.25) is 4.99 Å². The van der Waals surface area contributed by atoms with E-state index in [1.165, 1.54) is 77.8 Å². The van der Waals surface area contributed by atoms with E-state index in [-0.39, 0.29) is 24.0 Å². The molecule has 154 valence electrons. The van der Waals surface area contributed by atoms with E-state index in [0.717, 1.165) is 25.6 Å². The van der Waals surface area contributed by atoms with Crippen molar-refractivity contribution in [3.8, 4) is 0 Å². The van der Waals surface area contributed by atoms with Gasteiger partial charge in [-0.15, -0.1) is 24.0 Å². The largest absolute Gasteiger partial charge is 0.357 e. The molecule has 0 aromatic rings. The SMILES string of the molecule is CCNC(=NCC1(CC)CCC1)NCCCCN1CCN(CC)CC1.I. The summed E-state index contributed by atoms with van der Waals surface area (Å²) in [6.07, 6.45) is 7.87. The summed E-state index contributed by atoms with van der Waals surface area (Å²) in [6.45, 7) is 17.1. The van der Waals surface area contributed by atoms with Gasteiger partial charge < -0.3 is 20.4 Å². The Morgan fingerprint density at radius 3 is 2.19 bits per heavy atom. The Labute approximate surface area is 178 Å². The maximum absolute atomic E-state index is 4.86. The fourth-order valence-electron chi connectivity index (χ4n) is 3.89. The summed E-state index contributed by atoms with van der Waals surface area (Å²) >= 11 is 0. The quantitative estimate of drug-likeness (QED) is 0.219. The number of likely N-dealkylation sites (N-methyl/N-ethyl adjacent to an activating group) is 1. The van der Waals surface area contributed by atoms with Gasteiger partial charge in [0.1, 0.15) is 0 Å². The molecule has 0 atom stereocenters. The zero-order valence-corrected chi connectivity index (χ0v) is 19.7. The zero-order chi connectivity index (χ0) is 18.0. The highest BCUT2D eigenvalue weighted by Crippen LogP contribution is 2.43. The van der Waals surface area contributed by atoms with E-state index in [4.69, 9.17) is 4.99 Å². The molecule has 0 aromatic heterocycles. The van der Waals surface area contributed by atoms with Crippen LogP contribution in [0.4, 0.5) is 0 Å². The van der Waals surface area contributed by atoms with Gasteiger partial charge in [-0.05, 0) is 57.5 Å². The highest BCUT2D eigenvalue weighted by Gasteiger charge is 2.34. The number of hydrogen-bond acceptors (Lipinski definition) is 3. The number of hydrogen-bond donors (Lipinski definition) is 2. The minimum Gasteiger partial charge on any atom is -0.357 e. The van der Waals surface area contributed by atoms with Crippen molar-refractivity contribution in [3.05, 3.63) is 0 Å². The molecule has 0 bridgehead atoms. The molecule has 1 heterocycles. The van der Waals surface area contributed by atoms with E-state index in [1.807, 2.05) is 0 Å². The van der Waals surface area contributed by atoms with Crippen LogP contribution >= 0.6 is 24.0 Å². The average Bonchev–Trinajstić information content (AvgIpc) is 2.61. The highest BCUT2D eigenvalue weighted by atomic mass is 127. The van der Waals surface area contributed by atoms with Crippen LogP contribution in [0, 0.1) is 5.41 Å². The number of nitrogens with one attached hydrogen (secondary N) is 2. The van der Waals surface area contributed by atoms with Crippen LogP contribution in [0.25, 0.3) is 0 Å². The Balaban J connectivity index is 0.00000338. The van der Waals surface area contributed by atoms with Gasteiger partial charge in [0.2, 0.25) is 0 Å². The molecule has 0 radical (unpaired) electrons. The van der Waals surface area contributed by atoms with Crippen LogP contribution in [0.3, 0.4) is 0 Å². The Bertz CT molecular complexity index is 384. The molecule has 0 spiro atoms. The number of nitrogens with zero attached hydrogens (tertiary/aromatic N) is 3. The van der Waals surface area contributed by atoms with Crippen LogP contribution < -0.4 is 10.6 Å². The van der Waals surface area contributed by atoms with E-state index in [9.17, 15) is 0 Å². The second kappa shape index (κ2) is 13.2. The lowest BCUT2D eigenvalue weighted by atomic mass is 9.67. The average molecular weight is 479 g/mol. The second-order valence-electron chi connectivity index (χ2n) is 7.81. The fraction of sp³-hybridized carbons (Fsp3) is 0.950. The molecule has 1 saturated heterocycles. The first-order chi connectivity index (χ1) is 12.2. The van der Waals surface area contributed by atoms with Crippen molar-refractivity contribution >= 4 is 29.9 Å². The van der Waals surface area contributed by atoms with E-state index in [1.54, 1.807) is 0 Å². The zero-order valence-electron chi connectivity index (χ0n) is 17.4. The smallest absolute Gasteiger partial charge is 0.191 e. The van der Waals surface area contributed by atoms with Gasteiger partial charge in [0.15, 0.2) is 5.96 Å². The first kappa shape index (κ1) is 24.0. The van der Waals surface area contributed by atoms with Crippen LogP contribution in [-0.4, -0.2) is 74.7 Å². The van der Waals surface area contributed by atoms with Gasteiger partial charge in [0, 0.05) is 45.8 Å². The predicted octanol–water partition coefficient (Wildman–Crippen LogP) is 3.16. The van der Waals surface area contributed by atoms with Gasteiger partial charge in [0.25, 0.3) is 0 Å². The number of piperazine rings is 1. The van der Waals surface area contributed by atoms with Crippen molar-refractivity contribution in [2.24, 2.45) is 10.4 Å². The molecule has 1 aliphatic carbocycles. The van der Waals surface area contributed by atoms with Crippen molar-refractivity contribution in [3.63, 3.8) is 0 Å². The third-order valence-electron chi connectivity index (χ3n) is 6.19. The third-order valence-corrected chi connectivity index (χ3v) is 6.19. The van der Waals surface area contributed by atoms with E-state index in [2.05, 4.69) is 41.2 Å². The maximum atomic E-state index is 4.86. The summed E-state index contributed by atoms with van der Waals surface area (Å²) in [5.41, 5.74) is 0.503. The van der Waals surface area contributed by atoms with Gasteiger partial charge in [0.05, 0.1) is 0 Å². The summed E-state index contributed by atoms with van der Waals surface area (Å²) < 4.78 is 0. The van der Waals surface area contributed by atoms with Crippen LogP contribution in [0.2, 0.25) is 0 Å². The van der Waals surface area contributed by atoms with Crippen molar-refractivity contribution in [2.45, 2.75) is 59.3 Å². The first-order valence-electron chi connectivity index (χ1n) is 10.7. The monoisotopic (exact) mass is 479 g/mol. The van der Waals surface area contributed by atoms with Crippen molar-refractivity contribution in [1.29, 1.82) is 0 Å². The molecule has 5 nitrogen and oxygen atoms in total. The van der Waals surface area contributed by atoms with Crippen LogP contribution in [0.15, 0.2) is 4.99 Å².